The van der Waals surface area contributed by atoms with Gasteiger partial charge in [-0.2, -0.15) is 4.31 Å². The zero-order chi connectivity index (χ0) is 23.1. The van der Waals surface area contributed by atoms with Gasteiger partial charge in [0.05, 0.1) is 18.0 Å². The summed E-state index contributed by atoms with van der Waals surface area (Å²) in [4.78, 5) is 13.0. The summed E-state index contributed by atoms with van der Waals surface area (Å²) in [7, 11) is -3.90. The molecule has 0 aliphatic carbocycles. The van der Waals surface area contributed by atoms with E-state index in [1.54, 1.807) is 43.3 Å². The van der Waals surface area contributed by atoms with E-state index in [0.29, 0.717) is 23.6 Å². The van der Waals surface area contributed by atoms with Crippen LogP contribution in [0.5, 0.6) is 5.75 Å². The first kappa shape index (κ1) is 23.5. The first-order valence-electron chi connectivity index (χ1n) is 10.4. The quantitative estimate of drug-likeness (QED) is 0.518. The Morgan fingerprint density at radius 2 is 1.66 bits per heavy atom. The van der Waals surface area contributed by atoms with Crippen LogP contribution in [0.3, 0.4) is 0 Å². The summed E-state index contributed by atoms with van der Waals surface area (Å²) in [5, 5.41) is 2.78. The summed E-state index contributed by atoms with van der Waals surface area (Å²) in [5.74, 6) is 0.285. The number of sulfonamides is 1. The van der Waals surface area contributed by atoms with Crippen molar-refractivity contribution in [2.24, 2.45) is 0 Å². The highest BCUT2D eigenvalue weighted by Gasteiger charge is 2.28. The molecule has 0 heterocycles. The number of nitrogens with one attached hydrogen (secondary N) is 1. The molecule has 0 fully saturated rings. The van der Waals surface area contributed by atoms with Gasteiger partial charge in [-0.3, -0.25) is 4.79 Å². The van der Waals surface area contributed by atoms with Crippen molar-refractivity contribution < 1.29 is 17.9 Å². The fourth-order valence-corrected chi connectivity index (χ4v) is 4.99. The molecule has 0 saturated heterocycles. The minimum Gasteiger partial charge on any atom is -0.494 e. The van der Waals surface area contributed by atoms with E-state index in [1.807, 2.05) is 50.2 Å². The molecule has 32 heavy (non-hydrogen) atoms. The van der Waals surface area contributed by atoms with Crippen LogP contribution in [0, 0.1) is 13.8 Å². The van der Waals surface area contributed by atoms with Crippen molar-refractivity contribution in [2.45, 2.75) is 32.2 Å². The second-order valence-electron chi connectivity index (χ2n) is 7.53. The summed E-state index contributed by atoms with van der Waals surface area (Å²) < 4.78 is 33.7. The van der Waals surface area contributed by atoms with Crippen LogP contribution in [0.1, 0.15) is 23.6 Å². The molecule has 3 rings (SSSR count). The number of hydrogen-bond acceptors (Lipinski definition) is 4. The number of anilines is 1. The summed E-state index contributed by atoms with van der Waals surface area (Å²) in [6.45, 7) is 5.83. The largest absolute Gasteiger partial charge is 0.494 e. The lowest BCUT2D eigenvalue weighted by Gasteiger charge is -2.23. The van der Waals surface area contributed by atoms with Gasteiger partial charge in [-0.1, -0.05) is 42.5 Å². The van der Waals surface area contributed by atoms with Gasteiger partial charge in [0, 0.05) is 12.2 Å². The number of amides is 1. The number of carbonyl (C=O) groups excluding carboxylic acids is 1. The minimum atomic E-state index is -3.90. The van der Waals surface area contributed by atoms with Crippen LogP contribution < -0.4 is 10.1 Å². The Morgan fingerprint density at radius 1 is 0.969 bits per heavy atom. The zero-order valence-corrected chi connectivity index (χ0v) is 19.4. The first-order chi connectivity index (χ1) is 15.3. The molecule has 0 atom stereocenters. The molecule has 0 saturated carbocycles. The molecule has 1 amide bonds. The van der Waals surface area contributed by atoms with Gasteiger partial charge in [-0.05, 0) is 67.8 Å². The van der Waals surface area contributed by atoms with Gasteiger partial charge < -0.3 is 10.1 Å². The third-order valence-corrected chi connectivity index (χ3v) is 6.87. The summed E-state index contributed by atoms with van der Waals surface area (Å²) in [6.07, 6.45) is 0. The van der Waals surface area contributed by atoms with E-state index in [1.165, 1.54) is 4.31 Å². The van der Waals surface area contributed by atoms with E-state index >= 15 is 0 Å². The fraction of sp³-hybridized carbons (Fsp3) is 0.240. The van der Waals surface area contributed by atoms with E-state index < -0.39 is 15.9 Å². The van der Waals surface area contributed by atoms with Crippen LogP contribution >= 0.6 is 0 Å². The lowest BCUT2D eigenvalue weighted by atomic mass is 10.2. The fourth-order valence-electron chi connectivity index (χ4n) is 3.30. The standard InChI is InChI=1S/C25H28N2O4S/c1-4-31-23-14-12-22(13-15-23)26-25(28)18-27(17-21-8-6-5-7-9-21)32(29,30)24-16-19(2)10-11-20(24)3/h5-16H,4,17-18H2,1-3H3,(H,26,28). The molecule has 7 heteroatoms. The molecule has 3 aromatic rings. The Bertz CT molecular complexity index is 1160. The van der Waals surface area contributed by atoms with Crippen LogP contribution in [-0.4, -0.2) is 31.8 Å². The van der Waals surface area contributed by atoms with Crippen molar-refractivity contribution in [3.63, 3.8) is 0 Å². The number of carbonyl (C=O) groups is 1. The molecule has 0 radical (unpaired) electrons. The van der Waals surface area contributed by atoms with Crippen LogP contribution in [-0.2, 0) is 21.4 Å². The third kappa shape index (κ3) is 5.96. The number of hydrogen-bond donors (Lipinski definition) is 1. The zero-order valence-electron chi connectivity index (χ0n) is 18.5. The average Bonchev–Trinajstić information content (AvgIpc) is 2.77. The van der Waals surface area contributed by atoms with Gasteiger partial charge in [-0.15, -0.1) is 0 Å². The monoisotopic (exact) mass is 452 g/mol. The van der Waals surface area contributed by atoms with E-state index in [9.17, 15) is 13.2 Å². The predicted molar refractivity (Wildman–Crippen MR) is 126 cm³/mol. The SMILES string of the molecule is CCOc1ccc(NC(=O)CN(Cc2ccccc2)S(=O)(=O)c2cc(C)ccc2C)cc1. The van der Waals surface area contributed by atoms with Crippen LogP contribution in [0.15, 0.2) is 77.7 Å². The van der Waals surface area contributed by atoms with Crippen LogP contribution in [0.4, 0.5) is 5.69 Å². The predicted octanol–water partition coefficient (Wildman–Crippen LogP) is 4.53. The molecule has 0 aromatic heterocycles. The highest BCUT2D eigenvalue weighted by Crippen LogP contribution is 2.23. The van der Waals surface area contributed by atoms with Gasteiger partial charge in [0.25, 0.3) is 0 Å². The Labute approximate surface area is 189 Å². The molecule has 168 valence electrons. The Kier molecular flexibility index (Phi) is 7.66. The summed E-state index contributed by atoms with van der Waals surface area (Å²) in [6, 6.07) is 21.5. The highest BCUT2D eigenvalue weighted by molar-refractivity contribution is 7.89. The Hall–Kier alpha value is -3.16. The van der Waals surface area contributed by atoms with Crippen molar-refractivity contribution in [2.75, 3.05) is 18.5 Å². The van der Waals surface area contributed by atoms with E-state index in [2.05, 4.69) is 5.32 Å². The highest BCUT2D eigenvalue weighted by atomic mass is 32.2. The molecule has 0 bridgehead atoms. The van der Waals surface area contributed by atoms with Crippen molar-refractivity contribution >= 4 is 21.6 Å². The number of nitrogens with zero attached hydrogens (tertiary/aromatic N) is 1. The normalized spacial score (nSPS) is 11.4. The smallest absolute Gasteiger partial charge is 0.244 e. The molecular weight excluding hydrogens is 424 g/mol. The molecular formula is C25H28N2O4S. The van der Waals surface area contributed by atoms with E-state index in [4.69, 9.17) is 4.74 Å². The van der Waals surface area contributed by atoms with Gasteiger partial charge in [0.2, 0.25) is 15.9 Å². The van der Waals surface area contributed by atoms with Gasteiger partial charge in [0.15, 0.2) is 0 Å². The second-order valence-corrected chi connectivity index (χ2v) is 9.44. The van der Waals surface area contributed by atoms with Crippen molar-refractivity contribution in [1.29, 1.82) is 0 Å². The van der Waals surface area contributed by atoms with Gasteiger partial charge in [-0.25, -0.2) is 8.42 Å². The molecule has 6 nitrogen and oxygen atoms in total. The topological polar surface area (TPSA) is 75.7 Å². The molecule has 0 unspecified atom stereocenters. The average molecular weight is 453 g/mol. The molecule has 1 N–H and O–H groups in total. The van der Waals surface area contributed by atoms with Crippen LogP contribution in [0.25, 0.3) is 0 Å². The molecule has 0 aliphatic heterocycles. The summed E-state index contributed by atoms with van der Waals surface area (Å²) in [5.41, 5.74) is 2.85. The Morgan fingerprint density at radius 3 is 2.31 bits per heavy atom. The lowest BCUT2D eigenvalue weighted by Crippen LogP contribution is -2.37. The van der Waals surface area contributed by atoms with Gasteiger partial charge >= 0.3 is 0 Å². The third-order valence-electron chi connectivity index (χ3n) is 4.93. The van der Waals surface area contributed by atoms with Gasteiger partial charge in [0.1, 0.15) is 5.75 Å². The van der Waals surface area contributed by atoms with Crippen molar-refractivity contribution in [3.05, 3.63) is 89.5 Å². The maximum atomic E-state index is 13.5. The number of benzene rings is 3. The van der Waals surface area contributed by atoms with Crippen molar-refractivity contribution in [1.82, 2.24) is 4.31 Å². The molecule has 0 spiro atoms. The first-order valence-corrected chi connectivity index (χ1v) is 11.9. The number of ether oxygens (including phenoxy) is 1. The number of aryl methyl sites for hydroxylation is 2. The summed E-state index contributed by atoms with van der Waals surface area (Å²) >= 11 is 0. The lowest BCUT2D eigenvalue weighted by molar-refractivity contribution is -0.116. The van der Waals surface area contributed by atoms with E-state index in [0.717, 1.165) is 11.1 Å². The number of rotatable bonds is 9. The van der Waals surface area contributed by atoms with Crippen LogP contribution in [0.2, 0.25) is 0 Å². The maximum absolute atomic E-state index is 13.5. The van der Waals surface area contributed by atoms with Crippen molar-refractivity contribution in [3.8, 4) is 5.75 Å². The minimum absolute atomic E-state index is 0.0905. The molecule has 0 aliphatic rings. The van der Waals surface area contributed by atoms with E-state index in [-0.39, 0.29) is 18.0 Å². The second kappa shape index (κ2) is 10.4. The maximum Gasteiger partial charge on any atom is 0.244 e. The molecule has 3 aromatic carbocycles. The Balaban J connectivity index is 1.85.